The smallest absolute Gasteiger partial charge is 0.258 e. The van der Waals surface area contributed by atoms with E-state index < -0.39 is 20.8 Å². The molecule has 2 rings (SSSR count). The van der Waals surface area contributed by atoms with Gasteiger partial charge in [-0.1, -0.05) is 42.5 Å². The van der Waals surface area contributed by atoms with Crippen molar-refractivity contribution >= 4 is 18.2 Å². The van der Waals surface area contributed by atoms with Crippen LogP contribution in [0.2, 0.25) is 0 Å². The molecule has 1 aliphatic rings. The summed E-state index contributed by atoms with van der Waals surface area (Å²) in [6.07, 6.45) is 4.29. The molecule has 0 aliphatic heterocycles. The third-order valence-electron chi connectivity index (χ3n) is 3.01. The van der Waals surface area contributed by atoms with Crippen LogP contribution in [0.15, 0.2) is 48.6 Å². The van der Waals surface area contributed by atoms with Crippen molar-refractivity contribution < 1.29 is 9.85 Å². The molecule has 0 bridgehead atoms. The van der Waals surface area contributed by atoms with Gasteiger partial charge in [0.2, 0.25) is 0 Å². The van der Waals surface area contributed by atoms with Gasteiger partial charge in [-0.3, -0.25) is 20.2 Å². The van der Waals surface area contributed by atoms with Gasteiger partial charge in [0, 0.05) is 0 Å². The fourth-order valence-electron chi connectivity index (χ4n) is 2.08. The summed E-state index contributed by atoms with van der Waals surface area (Å²) >= 11 is 4.02. The van der Waals surface area contributed by atoms with Crippen molar-refractivity contribution in [1.82, 2.24) is 0 Å². The van der Waals surface area contributed by atoms with Gasteiger partial charge in [0.25, 0.3) is 0 Å². The van der Waals surface area contributed by atoms with Crippen molar-refractivity contribution in [3.63, 3.8) is 0 Å². The van der Waals surface area contributed by atoms with E-state index in [0.29, 0.717) is 5.56 Å². The van der Waals surface area contributed by atoms with E-state index in [1.807, 2.05) is 0 Å². The summed E-state index contributed by atoms with van der Waals surface area (Å²) in [5.41, 5.74) is -1.98. The Labute approximate surface area is 114 Å². The Hall–Kier alpha value is -2.15. The number of benzene rings is 1. The van der Waals surface area contributed by atoms with Crippen LogP contribution in [0.4, 0.5) is 0 Å². The largest absolute Gasteiger partial charge is 0.499 e. The van der Waals surface area contributed by atoms with Crippen molar-refractivity contribution in [1.29, 1.82) is 0 Å². The fraction of sp³-hybridized carbons (Fsp3) is 0.167. The SMILES string of the molecule is O=[N+]([O-])C1([N+](=O)[O-])C(c2ccccc2)=CC=CC1S. The molecule has 0 saturated carbocycles. The van der Waals surface area contributed by atoms with E-state index in [9.17, 15) is 20.2 Å². The molecule has 0 spiro atoms. The lowest BCUT2D eigenvalue weighted by atomic mass is 9.87. The van der Waals surface area contributed by atoms with Gasteiger partial charge in [0.05, 0.1) is 0 Å². The molecule has 1 aliphatic carbocycles. The van der Waals surface area contributed by atoms with Gasteiger partial charge in [0.1, 0.15) is 15.4 Å². The number of thiol groups is 1. The lowest BCUT2D eigenvalue weighted by molar-refractivity contribution is -0.773. The number of allylic oxidation sites excluding steroid dienone is 2. The molecule has 98 valence electrons. The van der Waals surface area contributed by atoms with E-state index in [-0.39, 0.29) is 5.57 Å². The first-order valence-electron chi connectivity index (χ1n) is 5.42. The topological polar surface area (TPSA) is 86.3 Å². The molecule has 0 N–H and O–H groups in total. The molecule has 7 heteroatoms. The average molecular weight is 278 g/mol. The Morgan fingerprint density at radius 3 is 2.21 bits per heavy atom. The van der Waals surface area contributed by atoms with E-state index in [4.69, 9.17) is 0 Å². The average Bonchev–Trinajstić information content (AvgIpc) is 2.38. The van der Waals surface area contributed by atoms with Gasteiger partial charge in [-0.05, 0) is 11.6 Å². The minimum atomic E-state index is -2.46. The molecule has 0 saturated heterocycles. The summed E-state index contributed by atoms with van der Waals surface area (Å²) in [6.45, 7) is 0. The molecule has 0 fully saturated rings. The predicted octanol–water partition coefficient (Wildman–Crippen LogP) is 2.19. The summed E-state index contributed by atoms with van der Waals surface area (Å²) < 4.78 is 0. The number of hydrogen-bond donors (Lipinski definition) is 1. The maximum Gasteiger partial charge on any atom is 0.499 e. The standard InChI is InChI=1S/C12H10N2O4S/c15-13(16)12(14(17)18)10(7-4-8-11(12)19)9-5-2-1-3-6-9/h1-8,11,19H. The van der Waals surface area contributed by atoms with Crippen molar-refractivity contribution in [2.24, 2.45) is 0 Å². The monoisotopic (exact) mass is 278 g/mol. The zero-order valence-electron chi connectivity index (χ0n) is 9.67. The highest BCUT2D eigenvalue weighted by Crippen LogP contribution is 2.39. The van der Waals surface area contributed by atoms with Crippen LogP contribution in [0.1, 0.15) is 5.56 Å². The zero-order chi connectivity index (χ0) is 14.0. The van der Waals surface area contributed by atoms with Crippen LogP contribution < -0.4 is 0 Å². The first-order chi connectivity index (χ1) is 9.01. The van der Waals surface area contributed by atoms with E-state index in [2.05, 4.69) is 12.6 Å². The van der Waals surface area contributed by atoms with Gasteiger partial charge in [-0.15, -0.1) is 0 Å². The third kappa shape index (κ3) is 1.91. The van der Waals surface area contributed by atoms with Gasteiger partial charge in [0.15, 0.2) is 5.25 Å². The highest BCUT2D eigenvalue weighted by Gasteiger charge is 2.65. The Balaban J connectivity index is 2.68. The van der Waals surface area contributed by atoms with Crippen LogP contribution in [0.5, 0.6) is 0 Å². The Kier molecular flexibility index (Phi) is 3.39. The Bertz CT molecular complexity index is 569. The fourth-order valence-corrected chi connectivity index (χ4v) is 2.51. The first-order valence-corrected chi connectivity index (χ1v) is 5.94. The Morgan fingerprint density at radius 2 is 1.68 bits per heavy atom. The number of nitrogens with zero attached hydrogens (tertiary/aromatic N) is 2. The molecule has 1 unspecified atom stereocenters. The van der Waals surface area contributed by atoms with Crippen molar-refractivity contribution in [2.75, 3.05) is 0 Å². The van der Waals surface area contributed by atoms with Crippen molar-refractivity contribution in [3.05, 3.63) is 74.4 Å². The lowest BCUT2D eigenvalue weighted by Gasteiger charge is -2.25. The van der Waals surface area contributed by atoms with Crippen LogP contribution in [-0.4, -0.2) is 20.8 Å². The molecular weight excluding hydrogens is 268 g/mol. The number of rotatable bonds is 3. The predicted molar refractivity (Wildman–Crippen MR) is 73.1 cm³/mol. The number of nitro groups is 2. The molecule has 1 aromatic rings. The van der Waals surface area contributed by atoms with E-state index in [1.165, 1.54) is 12.2 Å². The van der Waals surface area contributed by atoms with Gasteiger partial charge >= 0.3 is 5.66 Å². The van der Waals surface area contributed by atoms with E-state index in [1.54, 1.807) is 36.4 Å². The molecule has 0 heterocycles. The first kappa shape index (κ1) is 13.3. The second kappa shape index (κ2) is 4.85. The lowest BCUT2D eigenvalue weighted by Crippen LogP contribution is -2.54. The van der Waals surface area contributed by atoms with Gasteiger partial charge in [-0.2, -0.15) is 12.6 Å². The third-order valence-corrected chi connectivity index (χ3v) is 3.54. The molecule has 6 nitrogen and oxygen atoms in total. The second-order valence-corrected chi connectivity index (χ2v) is 4.57. The quantitative estimate of drug-likeness (QED) is 0.397. The van der Waals surface area contributed by atoms with Crippen LogP contribution in [0, 0.1) is 20.2 Å². The van der Waals surface area contributed by atoms with E-state index in [0.717, 1.165) is 0 Å². The summed E-state index contributed by atoms with van der Waals surface area (Å²) in [5, 5.41) is 21.6. The van der Waals surface area contributed by atoms with Crippen molar-refractivity contribution in [2.45, 2.75) is 10.9 Å². The Morgan fingerprint density at radius 1 is 1.11 bits per heavy atom. The minimum Gasteiger partial charge on any atom is -0.258 e. The van der Waals surface area contributed by atoms with Crippen LogP contribution in [0.3, 0.4) is 0 Å². The summed E-state index contributed by atoms with van der Waals surface area (Å²) in [5.74, 6) is 0. The molecule has 0 amide bonds. The highest BCUT2D eigenvalue weighted by atomic mass is 32.1. The van der Waals surface area contributed by atoms with Gasteiger partial charge in [-0.25, -0.2) is 0 Å². The van der Waals surface area contributed by atoms with E-state index >= 15 is 0 Å². The van der Waals surface area contributed by atoms with Crippen LogP contribution in [-0.2, 0) is 0 Å². The molecule has 19 heavy (non-hydrogen) atoms. The summed E-state index contributed by atoms with van der Waals surface area (Å²) in [6, 6.07) is 8.29. The molecule has 1 atom stereocenters. The molecule has 1 aromatic carbocycles. The highest BCUT2D eigenvalue weighted by molar-refractivity contribution is 7.81. The number of hydrogen-bond acceptors (Lipinski definition) is 5. The molecule has 0 radical (unpaired) electrons. The second-order valence-electron chi connectivity index (χ2n) is 4.02. The van der Waals surface area contributed by atoms with Crippen molar-refractivity contribution in [3.8, 4) is 0 Å². The maximum absolute atomic E-state index is 11.4. The summed E-state index contributed by atoms with van der Waals surface area (Å²) in [4.78, 5) is 20.9. The van der Waals surface area contributed by atoms with Gasteiger partial charge < -0.3 is 0 Å². The van der Waals surface area contributed by atoms with Crippen LogP contribution in [0.25, 0.3) is 5.57 Å². The normalized spacial score (nSPS) is 20.7. The molecule has 0 aromatic heterocycles. The minimum absolute atomic E-state index is 0.0330. The summed E-state index contributed by atoms with van der Waals surface area (Å²) in [7, 11) is 0. The zero-order valence-corrected chi connectivity index (χ0v) is 10.6. The molecular formula is C12H10N2O4S. The maximum atomic E-state index is 11.4. The van der Waals surface area contributed by atoms with Crippen LogP contribution >= 0.6 is 12.6 Å².